The van der Waals surface area contributed by atoms with E-state index in [2.05, 4.69) is 58.1 Å². The maximum absolute atomic E-state index is 13.6. The average molecular weight is 476 g/mol. The van der Waals surface area contributed by atoms with E-state index in [1.54, 1.807) is 24.5 Å². The van der Waals surface area contributed by atoms with Gasteiger partial charge in [0.15, 0.2) is 0 Å². The first-order valence-corrected chi connectivity index (χ1v) is 12.3. The molecule has 0 N–H and O–H groups in total. The molecule has 4 nitrogen and oxygen atoms in total. The third-order valence-corrected chi connectivity index (χ3v) is 6.76. The van der Waals surface area contributed by atoms with E-state index in [0.717, 1.165) is 46.7 Å². The quantitative estimate of drug-likeness (QED) is 0.252. The highest BCUT2D eigenvalue weighted by Crippen LogP contribution is 2.39. The summed E-state index contributed by atoms with van der Waals surface area (Å²) in [6.45, 7) is 1.16. The number of aromatic nitrogens is 3. The van der Waals surface area contributed by atoms with Gasteiger partial charge in [-0.15, -0.1) is 0 Å². The molecule has 3 heterocycles. The molecule has 0 fully saturated rings. The average Bonchev–Trinajstić information content (AvgIpc) is 3.50. The summed E-state index contributed by atoms with van der Waals surface area (Å²) in [5.41, 5.74) is 7.43. The van der Waals surface area contributed by atoms with Gasteiger partial charge in [0.25, 0.3) is 0 Å². The van der Waals surface area contributed by atoms with E-state index >= 15 is 0 Å². The van der Waals surface area contributed by atoms with Crippen molar-refractivity contribution in [2.24, 2.45) is 0 Å². The summed E-state index contributed by atoms with van der Waals surface area (Å²) in [6, 6.07) is 29.7. The molecular formula is C31H26FN3O. The Bertz CT molecular complexity index is 1450. The molecule has 0 aliphatic carbocycles. The normalized spacial score (nSPS) is 14.6. The molecule has 0 saturated carbocycles. The van der Waals surface area contributed by atoms with Gasteiger partial charge in [0, 0.05) is 29.9 Å². The van der Waals surface area contributed by atoms with Crippen LogP contribution in [0.5, 0.6) is 0 Å². The van der Waals surface area contributed by atoms with Crippen LogP contribution in [0.25, 0.3) is 33.6 Å². The maximum Gasteiger partial charge on any atom is 0.123 e. The molecule has 3 aromatic carbocycles. The number of ether oxygens (including phenoxy) is 1. The number of aryl methyl sites for hydroxylation is 1. The summed E-state index contributed by atoms with van der Waals surface area (Å²) in [4.78, 5) is 9.17. The maximum atomic E-state index is 13.6. The van der Waals surface area contributed by atoms with Crippen LogP contribution in [0.2, 0.25) is 0 Å². The van der Waals surface area contributed by atoms with E-state index in [1.807, 2.05) is 18.2 Å². The second-order valence-electron chi connectivity index (χ2n) is 9.11. The van der Waals surface area contributed by atoms with E-state index in [1.165, 1.54) is 23.3 Å². The fraction of sp³-hybridized carbons (Fsp3) is 0.161. The van der Waals surface area contributed by atoms with Crippen LogP contribution in [0.4, 0.5) is 4.39 Å². The van der Waals surface area contributed by atoms with E-state index in [9.17, 15) is 4.39 Å². The SMILES string of the molecule is Fc1ccc(-c2nc3n(c2-c2ccncc2)C(COCc2ccc(-c4ccccc4)cc2)CC3)cc1. The molecule has 5 aromatic rings. The smallest absolute Gasteiger partial charge is 0.123 e. The first-order chi connectivity index (χ1) is 17.8. The highest BCUT2D eigenvalue weighted by molar-refractivity contribution is 5.79. The number of halogens is 1. The number of benzene rings is 3. The monoisotopic (exact) mass is 475 g/mol. The molecule has 5 heteroatoms. The lowest BCUT2D eigenvalue weighted by molar-refractivity contribution is 0.0925. The van der Waals surface area contributed by atoms with Crippen LogP contribution in [0.15, 0.2) is 103 Å². The molecule has 2 aromatic heterocycles. The van der Waals surface area contributed by atoms with Gasteiger partial charge in [-0.2, -0.15) is 0 Å². The van der Waals surface area contributed by atoms with Crippen LogP contribution < -0.4 is 0 Å². The second kappa shape index (κ2) is 9.88. The Morgan fingerprint density at radius 2 is 1.47 bits per heavy atom. The van der Waals surface area contributed by atoms with Gasteiger partial charge in [-0.3, -0.25) is 4.98 Å². The molecule has 1 atom stereocenters. The van der Waals surface area contributed by atoms with E-state index in [4.69, 9.17) is 9.72 Å². The molecule has 0 radical (unpaired) electrons. The lowest BCUT2D eigenvalue weighted by Gasteiger charge is -2.18. The van der Waals surface area contributed by atoms with Crippen molar-refractivity contribution in [3.8, 4) is 33.6 Å². The van der Waals surface area contributed by atoms with Crippen LogP contribution in [-0.4, -0.2) is 21.1 Å². The molecule has 0 spiro atoms. The van der Waals surface area contributed by atoms with Crippen molar-refractivity contribution in [1.82, 2.24) is 14.5 Å². The number of nitrogens with zero attached hydrogens (tertiary/aromatic N) is 3. The summed E-state index contributed by atoms with van der Waals surface area (Å²) in [5.74, 6) is 0.793. The largest absolute Gasteiger partial charge is 0.375 e. The Balaban J connectivity index is 1.22. The van der Waals surface area contributed by atoms with E-state index < -0.39 is 0 Å². The third kappa shape index (κ3) is 4.45. The Morgan fingerprint density at radius 3 is 2.22 bits per heavy atom. The second-order valence-corrected chi connectivity index (χ2v) is 9.11. The van der Waals surface area contributed by atoms with Gasteiger partial charge < -0.3 is 9.30 Å². The lowest BCUT2D eigenvalue weighted by Crippen LogP contribution is -2.13. The van der Waals surface area contributed by atoms with Crippen molar-refractivity contribution < 1.29 is 9.13 Å². The molecule has 1 aliphatic heterocycles. The third-order valence-electron chi connectivity index (χ3n) is 6.76. The van der Waals surface area contributed by atoms with E-state index in [0.29, 0.717) is 13.2 Å². The zero-order chi connectivity index (χ0) is 24.3. The number of hydrogen-bond acceptors (Lipinski definition) is 3. The number of pyridine rings is 1. The standard InChI is InChI=1S/C31H26FN3O/c32-27-12-10-25(11-13-27)30-31(26-16-18-33-19-17-26)35-28(14-15-29(35)34-30)21-36-20-22-6-8-24(9-7-22)23-4-2-1-3-5-23/h1-13,16-19,28H,14-15,20-21H2. The highest BCUT2D eigenvalue weighted by atomic mass is 19.1. The van der Waals surface area contributed by atoms with Crippen LogP contribution in [-0.2, 0) is 17.8 Å². The number of hydrogen-bond donors (Lipinski definition) is 0. The summed E-state index contributed by atoms with van der Waals surface area (Å²) >= 11 is 0. The van der Waals surface area contributed by atoms with Gasteiger partial charge >= 0.3 is 0 Å². The van der Waals surface area contributed by atoms with Crippen molar-refractivity contribution in [2.75, 3.05) is 6.61 Å². The van der Waals surface area contributed by atoms with Crippen molar-refractivity contribution in [2.45, 2.75) is 25.5 Å². The van der Waals surface area contributed by atoms with Gasteiger partial charge in [-0.1, -0.05) is 54.6 Å². The number of imidazole rings is 1. The van der Waals surface area contributed by atoms with Gasteiger partial charge in [-0.05, 0) is 59.5 Å². The summed E-state index contributed by atoms with van der Waals surface area (Å²) in [5, 5.41) is 0. The first kappa shape index (κ1) is 22.4. The molecule has 36 heavy (non-hydrogen) atoms. The highest BCUT2D eigenvalue weighted by Gasteiger charge is 2.30. The predicted molar refractivity (Wildman–Crippen MR) is 140 cm³/mol. The van der Waals surface area contributed by atoms with E-state index in [-0.39, 0.29) is 11.9 Å². The van der Waals surface area contributed by atoms with Crippen molar-refractivity contribution in [1.29, 1.82) is 0 Å². The summed E-state index contributed by atoms with van der Waals surface area (Å²) < 4.78 is 22.1. The van der Waals surface area contributed by atoms with Crippen LogP contribution in [0, 0.1) is 5.82 Å². The zero-order valence-corrected chi connectivity index (χ0v) is 19.8. The van der Waals surface area contributed by atoms with Gasteiger partial charge in [0.1, 0.15) is 11.6 Å². The molecule has 0 amide bonds. The fourth-order valence-corrected chi connectivity index (χ4v) is 4.96. The zero-order valence-electron chi connectivity index (χ0n) is 19.8. The summed E-state index contributed by atoms with van der Waals surface area (Å²) in [6.07, 6.45) is 5.46. The Hall–Kier alpha value is -4.09. The Morgan fingerprint density at radius 1 is 0.778 bits per heavy atom. The lowest BCUT2D eigenvalue weighted by atomic mass is 10.0. The Labute approximate surface area is 210 Å². The molecule has 1 aliphatic rings. The topological polar surface area (TPSA) is 39.9 Å². The van der Waals surface area contributed by atoms with Crippen LogP contribution >= 0.6 is 0 Å². The molecular weight excluding hydrogens is 449 g/mol. The number of fused-ring (bicyclic) bond motifs is 1. The molecule has 178 valence electrons. The van der Waals surface area contributed by atoms with Crippen molar-refractivity contribution in [3.05, 3.63) is 121 Å². The minimum absolute atomic E-state index is 0.188. The Kier molecular flexibility index (Phi) is 6.14. The molecule has 6 rings (SSSR count). The van der Waals surface area contributed by atoms with Crippen LogP contribution in [0.3, 0.4) is 0 Å². The predicted octanol–water partition coefficient (Wildman–Crippen LogP) is 7.12. The van der Waals surface area contributed by atoms with Gasteiger partial charge in [0.2, 0.25) is 0 Å². The van der Waals surface area contributed by atoms with Crippen molar-refractivity contribution >= 4 is 0 Å². The molecule has 1 unspecified atom stereocenters. The van der Waals surface area contributed by atoms with Crippen molar-refractivity contribution in [3.63, 3.8) is 0 Å². The van der Waals surface area contributed by atoms with Crippen LogP contribution in [0.1, 0.15) is 23.9 Å². The molecule has 0 bridgehead atoms. The first-order valence-electron chi connectivity index (χ1n) is 12.3. The van der Waals surface area contributed by atoms with Gasteiger partial charge in [-0.25, -0.2) is 9.37 Å². The summed E-state index contributed by atoms with van der Waals surface area (Å²) in [7, 11) is 0. The fourth-order valence-electron chi connectivity index (χ4n) is 4.96. The van der Waals surface area contributed by atoms with Gasteiger partial charge in [0.05, 0.1) is 30.6 Å². The molecule has 0 saturated heterocycles. The minimum Gasteiger partial charge on any atom is -0.375 e. The number of rotatable bonds is 7. The minimum atomic E-state index is -0.251.